The molecule has 2 aliphatic rings. The van der Waals surface area contributed by atoms with E-state index >= 15 is 0 Å². The highest BCUT2D eigenvalue weighted by atomic mass is 16.5. The lowest BCUT2D eigenvalue weighted by atomic mass is 9.68. The van der Waals surface area contributed by atoms with Gasteiger partial charge in [0.05, 0.1) is 17.9 Å². The molecule has 4 heteroatoms. The number of benzene rings is 2. The molecule has 4 nitrogen and oxygen atoms in total. The third-order valence-corrected chi connectivity index (χ3v) is 5.39. The standard InChI is InChI=1S/C23H20O4/c1-15(24)14-23-13-12-18(27-23)19(21(25)16-8-4-2-5-9-16)20(23)22(26)17-10-6-3-7-11-17/h2-13,18-20H,14H2,1H3/t18-,19-,20-,23+/m0/s1. The summed E-state index contributed by atoms with van der Waals surface area (Å²) in [4.78, 5) is 38.6. The lowest BCUT2D eigenvalue weighted by molar-refractivity contribution is -0.121. The number of hydrogen-bond donors (Lipinski definition) is 0. The maximum Gasteiger partial charge on any atom is 0.170 e. The highest BCUT2D eigenvalue weighted by Crippen LogP contribution is 2.51. The number of rotatable bonds is 6. The van der Waals surface area contributed by atoms with Gasteiger partial charge in [-0.3, -0.25) is 14.4 Å². The van der Waals surface area contributed by atoms with E-state index in [0.717, 1.165) is 0 Å². The minimum atomic E-state index is -1.04. The Bertz CT molecular complexity index is 916. The van der Waals surface area contributed by atoms with Crippen LogP contribution in [0.2, 0.25) is 0 Å². The lowest BCUT2D eigenvalue weighted by Crippen LogP contribution is -2.44. The molecular weight excluding hydrogens is 340 g/mol. The summed E-state index contributed by atoms with van der Waals surface area (Å²) >= 11 is 0. The Morgan fingerprint density at radius 1 is 0.889 bits per heavy atom. The molecule has 0 N–H and O–H groups in total. The van der Waals surface area contributed by atoms with Crippen molar-refractivity contribution >= 4 is 17.3 Å². The van der Waals surface area contributed by atoms with E-state index in [4.69, 9.17) is 4.74 Å². The molecule has 2 aliphatic heterocycles. The summed E-state index contributed by atoms with van der Waals surface area (Å²) in [6.45, 7) is 1.48. The molecule has 136 valence electrons. The van der Waals surface area contributed by atoms with Gasteiger partial charge in [0, 0.05) is 17.5 Å². The molecule has 0 spiro atoms. The summed E-state index contributed by atoms with van der Waals surface area (Å²) in [5, 5.41) is 0. The first kappa shape index (κ1) is 17.6. The van der Waals surface area contributed by atoms with E-state index < -0.39 is 23.5 Å². The van der Waals surface area contributed by atoms with Crippen molar-refractivity contribution in [3.8, 4) is 0 Å². The van der Waals surface area contributed by atoms with Crippen molar-refractivity contribution in [2.75, 3.05) is 0 Å². The second-order valence-electron chi connectivity index (χ2n) is 7.24. The number of fused-ring (bicyclic) bond motifs is 2. The molecule has 0 amide bonds. The minimum Gasteiger partial charge on any atom is -0.362 e. The van der Waals surface area contributed by atoms with Gasteiger partial charge in [-0.2, -0.15) is 0 Å². The van der Waals surface area contributed by atoms with Crippen LogP contribution in [0.25, 0.3) is 0 Å². The van der Waals surface area contributed by atoms with Crippen molar-refractivity contribution in [2.24, 2.45) is 11.8 Å². The third kappa shape index (κ3) is 2.96. The lowest BCUT2D eigenvalue weighted by Gasteiger charge is -2.31. The van der Waals surface area contributed by atoms with Crippen LogP contribution < -0.4 is 0 Å². The minimum absolute atomic E-state index is 0.0704. The van der Waals surface area contributed by atoms with Crippen molar-refractivity contribution in [2.45, 2.75) is 25.0 Å². The van der Waals surface area contributed by atoms with E-state index in [1.807, 2.05) is 18.2 Å². The Morgan fingerprint density at radius 2 is 1.44 bits per heavy atom. The number of ether oxygens (including phenoxy) is 1. The zero-order valence-corrected chi connectivity index (χ0v) is 15.0. The fourth-order valence-electron chi connectivity index (χ4n) is 4.32. The molecule has 2 aromatic carbocycles. The molecule has 2 heterocycles. The monoisotopic (exact) mass is 360 g/mol. The van der Waals surface area contributed by atoms with E-state index in [-0.39, 0.29) is 23.8 Å². The molecule has 0 aromatic heterocycles. The van der Waals surface area contributed by atoms with E-state index in [2.05, 4.69) is 0 Å². The predicted molar refractivity (Wildman–Crippen MR) is 101 cm³/mol. The van der Waals surface area contributed by atoms with Crippen molar-refractivity contribution in [1.29, 1.82) is 0 Å². The maximum absolute atomic E-state index is 13.4. The first-order valence-corrected chi connectivity index (χ1v) is 9.07. The summed E-state index contributed by atoms with van der Waals surface area (Å²) in [7, 11) is 0. The Morgan fingerprint density at radius 3 is 2.00 bits per heavy atom. The Labute approximate surface area is 157 Å². The topological polar surface area (TPSA) is 60.4 Å². The first-order chi connectivity index (χ1) is 13.0. The molecule has 0 aliphatic carbocycles. The number of carbonyl (C=O) groups excluding carboxylic acids is 3. The summed E-state index contributed by atoms with van der Waals surface area (Å²) in [6.07, 6.45) is 3.22. The molecule has 0 radical (unpaired) electrons. The zero-order valence-electron chi connectivity index (χ0n) is 15.0. The van der Waals surface area contributed by atoms with Crippen LogP contribution in [0.15, 0.2) is 72.8 Å². The molecule has 1 fully saturated rings. The van der Waals surface area contributed by atoms with Gasteiger partial charge in [0.2, 0.25) is 0 Å². The molecule has 4 rings (SSSR count). The van der Waals surface area contributed by atoms with E-state index in [0.29, 0.717) is 11.1 Å². The van der Waals surface area contributed by atoms with Gasteiger partial charge in [-0.05, 0) is 6.92 Å². The van der Waals surface area contributed by atoms with Gasteiger partial charge >= 0.3 is 0 Å². The van der Waals surface area contributed by atoms with Crippen LogP contribution in [-0.4, -0.2) is 29.1 Å². The van der Waals surface area contributed by atoms with Crippen LogP contribution in [0.1, 0.15) is 34.1 Å². The van der Waals surface area contributed by atoms with Gasteiger partial charge in [-0.15, -0.1) is 0 Å². The largest absolute Gasteiger partial charge is 0.362 e. The first-order valence-electron chi connectivity index (χ1n) is 9.07. The fourth-order valence-corrected chi connectivity index (χ4v) is 4.32. The van der Waals surface area contributed by atoms with Gasteiger partial charge in [-0.1, -0.05) is 72.8 Å². The number of ketones is 3. The van der Waals surface area contributed by atoms with Gasteiger partial charge < -0.3 is 4.74 Å². The summed E-state index contributed by atoms with van der Waals surface area (Å²) < 4.78 is 6.11. The average molecular weight is 360 g/mol. The number of Topliss-reactive ketones (excluding diaryl/α,β-unsaturated/α-hetero) is 3. The number of hydrogen-bond acceptors (Lipinski definition) is 4. The molecule has 2 bridgehead atoms. The van der Waals surface area contributed by atoms with Crippen molar-refractivity contribution < 1.29 is 19.1 Å². The average Bonchev–Trinajstić information content (AvgIpc) is 3.23. The Balaban J connectivity index is 1.78. The van der Waals surface area contributed by atoms with Gasteiger partial charge in [0.1, 0.15) is 11.4 Å². The van der Waals surface area contributed by atoms with Crippen LogP contribution in [0.3, 0.4) is 0 Å². The second kappa shape index (κ2) is 6.71. The predicted octanol–water partition coefficient (Wildman–Crippen LogP) is 3.67. The number of carbonyl (C=O) groups is 3. The molecular formula is C23H20O4. The van der Waals surface area contributed by atoms with Crippen LogP contribution in [0, 0.1) is 11.8 Å². The summed E-state index contributed by atoms with van der Waals surface area (Å²) in [5.74, 6) is -1.70. The molecule has 0 unspecified atom stereocenters. The third-order valence-electron chi connectivity index (χ3n) is 5.39. The Hall–Kier alpha value is -2.85. The smallest absolute Gasteiger partial charge is 0.170 e. The normalized spacial score (nSPS) is 28.3. The van der Waals surface area contributed by atoms with Crippen molar-refractivity contribution in [1.82, 2.24) is 0 Å². The molecule has 1 saturated heterocycles. The maximum atomic E-state index is 13.4. The van der Waals surface area contributed by atoms with E-state index in [1.54, 1.807) is 54.6 Å². The van der Waals surface area contributed by atoms with Crippen molar-refractivity contribution in [3.63, 3.8) is 0 Å². The SMILES string of the molecule is CC(=O)C[C@@]12C=C[C@H](O1)[C@H](C(=O)c1ccccc1)[C@H]2C(=O)c1ccccc1. The molecule has 4 atom stereocenters. The van der Waals surface area contributed by atoms with Gasteiger partial charge in [0.15, 0.2) is 11.6 Å². The fraction of sp³-hybridized carbons (Fsp3) is 0.261. The van der Waals surface area contributed by atoms with E-state index in [1.165, 1.54) is 6.92 Å². The highest BCUT2D eigenvalue weighted by Gasteiger charge is 2.61. The van der Waals surface area contributed by atoms with Crippen LogP contribution in [0.5, 0.6) is 0 Å². The second-order valence-corrected chi connectivity index (χ2v) is 7.24. The zero-order chi connectivity index (χ0) is 19.0. The molecule has 27 heavy (non-hydrogen) atoms. The van der Waals surface area contributed by atoms with Gasteiger partial charge in [0.25, 0.3) is 0 Å². The summed E-state index contributed by atoms with van der Waals surface area (Å²) in [5.41, 5.74) is 0.0372. The van der Waals surface area contributed by atoms with Crippen LogP contribution in [-0.2, 0) is 9.53 Å². The van der Waals surface area contributed by atoms with Gasteiger partial charge in [-0.25, -0.2) is 0 Å². The summed E-state index contributed by atoms with van der Waals surface area (Å²) in [6, 6.07) is 17.9. The quantitative estimate of drug-likeness (QED) is 0.582. The van der Waals surface area contributed by atoms with Crippen molar-refractivity contribution in [3.05, 3.63) is 83.9 Å². The van der Waals surface area contributed by atoms with E-state index in [9.17, 15) is 14.4 Å². The van der Waals surface area contributed by atoms with Crippen LogP contribution in [0.4, 0.5) is 0 Å². The Kier molecular flexibility index (Phi) is 4.36. The molecule has 2 aromatic rings. The highest BCUT2D eigenvalue weighted by molar-refractivity contribution is 6.07. The molecule has 0 saturated carbocycles. The van der Waals surface area contributed by atoms with Crippen LogP contribution >= 0.6 is 0 Å².